The summed E-state index contributed by atoms with van der Waals surface area (Å²) in [6, 6.07) is 6.73. The summed E-state index contributed by atoms with van der Waals surface area (Å²) in [6.45, 7) is 1.08. The van der Waals surface area contributed by atoms with Crippen LogP contribution in [-0.2, 0) is 6.42 Å². The second-order valence-corrected chi connectivity index (χ2v) is 5.95. The SMILES string of the molecule is c1cc2c(cc1-c1cnc(C3CC3)s1)CCN2. The van der Waals surface area contributed by atoms with E-state index in [9.17, 15) is 0 Å². The zero-order valence-electron chi connectivity index (χ0n) is 9.57. The van der Waals surface area contributed by atoms with Gasteiger partial charge in [0.25, 0.3) is 0 Å². The second-order valence-electron chi connectivity index (χ2n) is 4.89. The minimum atomic E-state index is 0.768. The lowest BCUT2D eigenvalue weighted by atomic mass is 10.1. The Morgan fingerprint density at radius 3 is 3.12 bits per heavy atom. The standard InChI is InChI=1S/C14H14N2S/c1-2-9(1)14-16-8-13(17-14)11-3-4-12-10(7-11)5-6-15-12/h3-4,7-9,15H,1-2,5-6H2. The molecule has 17 heavy (non-hydrogen) atoms. The molecule has 0 atom stereocenters. The molecule has 1 aliphatic heterocycles. The van der Waals surface area contributed by atoms with Crippen LogP contribution in [0, 0.1) is 0 Å². The van der Waals surface area contributed by atoms with E-state index in [-0.39, 0.29) is 0 Å². The number of thiazole rings is 1. The quantitative estimate of drug-likeness (QED) is 0.869. The monoisotopic (exact) mass is 242 g/mol. The van der Waals surface area contributed by atoms with Gasteiger partial charge in [0, 0.05) is 24.3 Å². The van der Waals surface area contributed by atoms with Crippen molar-refractivity contribution in [2.75, 3.05) is 11.9 Å². The molecule has 2 aliphatic rings. The van der Waals surface area contributed by atoms with Gasteiger partial charge in [0.15, 0.2) is 0 Å². The summed E-state index contributed by atoms with van der Waals surface area (Å²) in [5, 5.41) is 4.73. The average molecular weight is 242 g/mol. The highest BCUT2D eigenvalue weighted by Gasteiger charge is 2.26. The highest BCUT2D eigenvalue weighted by molar-refractivity contribution is 7.15. The minimum Gasteiger partial charge on any atom is -0.384 e. The number of anilines is 1. The highest BCUT2D eigenvalue weighted by atomic mass is 32.1. The molecule has 1 aliphatic carbocycles. The summed E-state index contributed by atoms with van der Waals surface area (Å²) in [6.07, 6.45) is 5.86. The zero-order valence-corrected chi connectivity index (χ0v) is 10.4. The van der Waals surface area contributed by atoms with Gasteiger partial charge in [-0.1, -0.05) is 6.07 Å². The van der Waals surface area contributed by atoms with Gasteiger partial charge in [-0.3, -0.25) is 0 Å². The van der Waals surface area contributed by atoms with Crippen molar-refractivity contribution in [3.8, 4) is 10.4 Å². The molecule has 0 amide bonds. The number of fused-ring (bicyclic) bond motifs is 1. The number of hydrogen-bond acceptors (Lipinski definition) is 3. The van der Waals surface area contributed by atoms with E-state index in [1.54, 1.807) is 0 Å². The first-order valence-electron chi connectivity index (χ1n) is 6.23. The first-order chi connectivity index (χ1) is 8.40. The Morgan fingerprint density at radius 1 is 1.29 bits per heavy atom. The van der Waals surface area contributed by atoms with Crippen LogP contribution < -0.4 is 5.32 Å². The molecule has 2 heterocycles. The van der Waals surface area contributed by atoms with Crippen LogP contribution in [0.5, 0.6) is 0 Å². The van der Waals surface area contributed by atoms with Crippen LogP contribution in [0.3, 0.4) is 0 Å². The summed E-state index contributed by atoms with van der Waals surface area (Å²) in [7, 11) is 0. The third kappa shape index (κ3) is 1.65. The molecule has 1 fully saturated rings. The molecule has 1 aromatic heterocycles. The summed E-state index contributed by atoms with van der Waals surface area (Å²) < 4.78 is 0. The Labute approximate surface area is 105 Å². The molecule has 2 nitrogen and oxygen atoms in total. The van der Waals surface area contributed by atoms with Gasteiger partial charge in [-0.15, -0.1) is 11.3 Å². The third-order valence-electron chi connectivity index (χ3n) is 3.55. The number of nitrogens with zero attached hydrogens (tertiary/aromatic N) is 1. The Bertz CT molecular complexity index is 569. The van der Waals surface area contributed by atoms with E-state index in [2.05, 4.69) is 28.5 Å². The molecule has 1 N–H and O–H groups in total. The van der Waals surface area contributed by atoms with Gasteiger partial charge < -0.3 is 5.32 Å². The molecule has 86 valence electrons. The first kappa shape index (κ1) is 9.66. The van der Waals surface area contributed by atoms with Crippen LogP contribution >= 0.6 is 11.3 Å². The van der Waals surface area contributed by atoms with Gasteiger partial charge >= 0.3 is 0 Å². The van der Waals surface area contributed by atoms with E-state index in [1.807, 2.05) is 17.5 Å². The zero-order chi connectivity index (χ0) is 11.2. The predicted octanol–water partition coefficient (Wildman–Crippen LogP) is 3.66. The molecule has 1 saturated carbocycles. The van der Waals surface area contributed by atoms with E-state index >= 15 is 0 Å². The maximum absolute atomic E-state index is 4.55. The van der Waals surface area contributed by atoms with Crippen LogP contribution in [0.4, 0.5) is 5.69 Å². The Hall–Kier alpha value is -1.35. The van der Waals surface area contributed by atoms with Crippen molar-refractivity contribution < 1.29 is 0 Å². The van der Waals surface area contributed by atoms with Crippen molar-refractivity contribution in [1.29, 1.82) is 0 Å². The number of aromatic nitrogens is 1. The van der Waals surface area contributed by atoms with Crippen LogP contribution in [0.15, 0.2) is 24.4 Å². The topological polar surface area (TPSA) is 24.9 Å². The van der Waals surface area contributed by atoms with Crippen molar-refractivity contribution in [3.05, 3.63) is 35.0 Å². The molecule has 2 aromatic rings. The van der Waals surface area contributed by atoms with Crippen LogP contribution in [0.1, 0.15) is 29.3 Å². The molecular weight excluding hydrogens is 228 g/mol. The fourth-order valence-corrected chi connectivity index (χ4v) is 3.48. The molecule has 0 radical (unpaired) electrons. The molecule has 3 heteroatoms. The van der Waals surface area contributed by atoms with E-state index in [0.29, 0.717) is 0 Å². The normalized spacial score (nSPS) is 17.9. The van der Waals surface area contributed by atoms with Gasteiger partial charge in [-0.05, 0) is 42.5 Å². The third-order valence-corrected chi connectivity index (χ3v) is 4.76. The molecule has 4 rings (SSSR count). The molecule has 0 bridgehead atoms. The summed E-state index contributed by atoms with van der Waals surface area (Å²) in [5.41, 5.74) is 4.08. The van der Waals surface area contributed by atoms with E-state index in [4.69, 9.17) is 0 Å². The lowest BCUT2D eigenvalue weighted by Gasteiger charge is -2.02. The average Bonchev–Trinajstić information content (AvgIpc) is 2.93. The van der Waals surface area contributed by atoms with Gasteiger partial charge in [-0.25, -0.2) is 4.98 Å². The smallest absolute Gasteiger partial charge is 0.0962 e. The van der Waals surface area contributed by atoms with Gasteiger partial charge in [0.2, 0.25) is 0 Å². The number of nitrogens with one attached hydrogen (secondary N) is 1. The second kappa shape index (κ2) is 3.57. The van der Waals surface area contributed by atoms with Gasteiger partial charge in [0.05, 0.1) is 9.88 Å². The summed E-state index contributed by atoms with van der Waals surface area (Å²) in [5.74, 6) is 0.768. The van der Waals surface area contributed by atoms with Crippen molar-refractivity contribution in [2.45, 2.75) is 25.2 Å². The first-order valence-corrected chi connectivity index (χ1v) is 7.05. The number of rotatable bonds is 2. The fraction of sp³-hybridized carbons (Fsp3) is 0.357. The van der Waals surface area contributed by atoms with Crippen LogP contribution in [-0.4, -0.2) is 11.5 Å². The van der Waals surface area contributed by atoms with Crippen LogP contribution in [0.25, 0.3) is 10.4 Å². The molecule has 0 unspecified atom stereocenters. The van der Waals surface area contributed by atoms with E-state index < -0.39 is 0 Å². The maximum atomic E-state index is 4.55. The van der Waals surface area contributed by atoms with E-state index in [1.165, 1.54) is 39.5 Å². The Morgan fingerprint density at radius 2 is 2.24 bits per heavy atom. The fourth-order valence-electron chi connectivity index (χ4n) is 2.40. The largest absolute Gasteiger partial charge is 0.384 e. The lowest BCUT2D eigenvalue weighted by Crippen LogP contribution is -1.90. The summed E-state index contributed by atoms with van der Waals surface area (Å²) in [4.78, 5) is 5.87. The summed E-state index contributed by atoms with van der Waals surface area (Å²) >= 11 is 1.87. The van der Waals surface area contributed by atoms with Gasteiger partial charge in [0.1, 0.15) is 0 Å². The highest BCUT2D eigenvalue weighted by Crippen LogP contribution is 2.43. The van der Waals surface area contributed by atoms with E-state index in [0.717, 1.165) is 18.9 Å². The maximum Gasteiger partial charge on any atom is 0.0962 e. The van der Waals surface area contributed by atoms with Crippen molar-refractivity contribution in [3.63, 3.8) is 0 Å². The number of benzene rings is 1. The van der Waals surface area contributed by atoms with Crippen molar-refractivity contribution in [1.82, 2.24) is 4.98 Å². The van der Waals surface area contributed by atoms with Crippen molar-refractivity contribution in [2.24, 2.45) is 0 Å². The number of hydrogen-bond donors (Lipinski definition) is 1. The van der Waals surface area contributed by atoms with Crippen LogP contribution in [0.2, 0.25) is 0 Å². The lowest BCUT2D eigenvalue weighted by molar-refractivity contribution is 1.08. The minimum absolute atomic E-state index is 0.768. The Kier molecular flexibility index (Phi) is 2.03. The van der Waals surface area contributed by atoms with Gasteiger partial charge in [-0.2, -0.15) is 0 Å². The molecular formula is C14H14N2S. The predicted molar refractivity (Wildman–Crippen MR) is 71.7 cm³/mol. The molecule has 0 spiro atoms. The molecule has 0 saturated heterocycles. The van der Waals surface area contributed by atoms with Crippen molar-refractivity contribution >= 4 is 17.0 Å². The Balaban J connectivity index is 1.72. The molecule has 1 aromatic carbocycles.